The molecule has 2 aromatic rings. The van der Waals surface area contributed by atoms with Gasteiger partial charge in [-0.2, -0.15) is 0 Å². The molecular formula is C14H18N6OS. The van der Waals surface area contributed by atoms with Crippen LogP contribution in [0, 0.1) is 0 Å². The van der Waals surface area contributed by atoms with E-state index in [4.69, 9.17) is 5.73 Å². The van der Waals surface area contributed by atoms with Crippen LogP contribution >= 0.6 is 11.3 Å². The van der Waals surface area contributed by atoms with Crippen LogP contribution in [0.5, 0.6) is 0 Å². The minimum atomic E-state index is -0.293. The first kappa shape index (κ1) is 14.9. The molecule has 1 saturated heterocycles. The third-order valence-electron chi connectivity index (χ3n) is 3.62. The topological polar surface area (TPSA) is 97.0 Å². The standard InChI is InChI=1S/C14H18N6OS/c15-12(21)8-20-7-2-1-4-11(20)10-9-22-14(18-10)19-13-16-5-3-6-17-13/h3,5-6,9,11H,1-2,4,7-8H2,(H2,15,21)(H,16,17,18,19). The van der Waals surface area contributed by atoms with E-state index in [2.05, 4.69) is 25.2 Å². The molecule has 1 amide bonds. The van der Waals surface area contributed by atoms with Crippen molar-refractivity contribution in [1.82, 2.24) is 19.9 Å². The molecule has 0 spiro atoms. The van der Waals surface area contributed by atoms with E-state index in [1.807, 2.05) is 5.38 Å². The Bertz CT molecular complexity index is 631. The van der Waals surface area contributed by atoms with Crippen LogP contribution in [0.2, 0.25) is 0 Å². The Hall–Kier alpha value is -2.06. The molecule has 1 aliphatic heterocycles. The number of amides is 1. The van der Waals surface area contributed by atoms with Gasteiger partial charge in [-0.1, -0.05) is 6.42 Å². The largest absolute Gasteiger partial charge is 0.369 e. The van der Waals surface area contributed by atoms with Gasteiger partial charge in [-0.3, -0.25) is 9.69 Å². The van der Waals surface area contributed by atoms with E-state index in [-0.39, 0.29) is 18.5 Å². The number of primary amides is 1. The van der Waals surface area contributed by atoms with E-state index in [9.17, 15) is 4.79 Å². The molecule has 3 N–H and O–H groups in total. The fourth-order valence-electron chi connectivity index (χ4n) is 2.67. The number of hydrogen-bond donors (Lipinski definition) is 2. The molecular weight excluding hydrogens is 300 g/mol. The summed E-state index contributed by atoms with van der Waals surface area (Å²) < 4.78 is 0. The summed E-state index contributed by atoms with van der Waals surface area (Å²) in [5, 5.41) is 5.87. The molecule has 1 unspecified atom stereocenters. The molecule has 1 fully saturated rings. The number of aromatic nitrogens is 3. The smallest absolute Gasteiger partial charge is 0.231 e. The van der Waals surface area contributed by atoms with Gasteiger partial charge >= 0.3 is 0 Å². The molecule has 0 saturated carbocycles. The van der Waals surface area contributed by atoms with Gasteiger partial charge in [-0.25, -0.2) is 15.0 Å². The maximum absolute atomic E-state index is 11.2. The molecule has 0 radical (unpaired) electrons. The van der Waals surface area contributed by atoms with Crippen molar-refractivity contribution in [1.29, 1.82) is 0 Å². The Morgan fingerprint density at radius 2 is 2.23 bits per heavy atom. The second-order valence-corrected chi connectivity index (χ2v) is 6.08. The summed E-state index contributed by atoms with van der Waals surface area (Å²) in [5.74, 6) is 0.235. The predicted octanol–water partition coefficient (Wildman–Crippen LogP) is 1.69. The van der Waals surface area contributed by atoms with Crippen molar-refractivity contribution in [2.75, 3.05) is 18.4 Å². The Kier molecular flexibility index (Phi) is 4.59. The summed E-state index contributed by atoms with van der Waals surface area (Å²) in [6.45, 7) is 1.17. The number of piperidine rings is 1. The second-order valence-electron chi connectivity index (χ2n) is 5.22. The number of hydrogen-bond acceptors (Lipinski definition) is 7. The summed E-state index contributed by atoms with van der Waals surface area (Å²) >= 11 is 1.51. The Morgan fingerprint density at radius 1 is 1.41 bits per heavy atom. The van der Waals surface area contributed by atoms with Crippen molar-refractivity contribution in [2.45, 2.75) is 25.3 Å². The molecule has 2 aromatic heterocycles. The minimum Gasteiger partial charge on any atom is -0.369 e. The summed E-state index contributed by atoms with van der Waals surface area (Å²) in [4.78, 5) is 26.2. The van der Waals surface area contributed by atoms with E-state index in [0.29, 0.717) is 5.95 Å². The Balaban J connectivity index is 1.72. The molecule has 8 heteroatoms. The van der Waals surface area contributed by atoms with Crippen molar-refractivity contribution >= 4 is 28.3 Å². The monoisotopic (exact) mass is 318 g/mol. The van der Waals surface area contributed by atoms with Crippen LogP contribution < -0.4 is 11.1 Å². The lowest BCUT2D eigenvalue weighted by atomic mass is 10.00. The average molecular weight is 318 g/mol. The van der Waals surface area contributed by atoms with Gasteiger partial charge in [0, 0.05) is 17.8 Å². The number of thiazole rings is 1. The minimum absolute atomic E-state index is 0.157. The van der Waals surface area contributed by atoms with Crippen LogP contribution in [0.25, 0.3) is 0 Å². The van der Waals surface area contributed by atoms with E-state index in [1.54, 1.807) is 18.5 Å². The van der Waals surface area contributed by atoms with Gasteiger partial charge in [-0.15, -0.1) is 11.3 Å². The van der Waals surface area contributed by atoms with Gasteiger partial charge in [0.25, 0.3) is 0 Å². The highest BCUT2D eigenvalue weighted by Crippen LogP contribution is 2.32. The van der Waals surface area contributed by atoms with Gasteiger partial charge < -0.3 is 11.1 Å². The highest BCUT2D eigenvalue weighted by Gasteiger charge is 2.27. The summed E-state index contributed by atoms with van der Waals surface area (Å²) in [7, 11) is 0. The first-order chi connectivity index (χ1) is 10.7. The number of carbonyl (C=O) groups excluding carboxylic acids is 1. The number of rotatable bonds is 5. The fourth-order valence-corrected chi connectivity index (χ4v) is 3.42. The molecule has 0 aromatic carbocycles. The van der Waals surface area contributed by atoms with Gasteiger partial charge in [0.2, 0.25) is 11.9 Å². The first-order valence-electron chi connectivity index (χ1n) is 7.24. The quantitative estimate of drug-likeness (QED) is 0.870. The number of nitrogens with zero attached hydrogens (tertiary/aromatic N) is 4. The van der Waals surface area contributed by atoms with Crippen LogP contribution in [0.1, 0.15) is 31.0 Å². The molecule has 1 atom stereocenters. The predicted molar refractivity (Wildman–Crippen MR) is 84.8 cm³/mol. The van der Waals surface area contributed by atoms with Gasteiger partial charge in [-0.05, 0) is 25.5 Å². The fraction of sp³-hybridized carbons (Fsp3) is 0.429. The number of nitrogens with one attached hydrogen (secondary N) is 1. The van der Waals surface area contributed by atoms with Crippen LogP contribution in [0.4, 0.5) is 11.1 Å². The molecule has 22 heavy (non-hydrogen) atoms. The van der Waals surface area contributed by atoms with Crippen LogP contribution in [-0.2, 0) is 4.79 Å². The van der Waals surface area contributed by atoms with Crippen molar-refractivity contribution in [3.63, 3.8) is 0 Å². The molecule has 0 aliphatic carbocycles. The van der Waals surface area contributed by atoms with Crippen molar-refractivity contribution in [3.8, 4) is 0 Å². The maximum atomic E-state index is 11.2. The highest BCUT2D eigenvalue weighted by molar-refractivity contribution is 7.13. The number of nitrogens with two attached hydrogens (primary N) is 1. The average Bonchev–Trinajstić information content (AvgIpc) is 2.96. The van der Waals surface area contributed by atoms with E-state index in [0.717, 1.165) is 36.6 Å². The number of likely N-dealkylation sites (tertiary alicyclic amines) is 1. The lowest BCUT2D eigenvalue weighted by molar-refractivity contribution is -0.120. The summed E-state index contributed by atoms with van der Waals surface area (Å²) in [6.07, 6.45) is 6.59. The Labute approximate surface area is 132 Å². The molecule has 116 valence electrons. The number of anilines is 2. The number of carbonyl (C=O) groups is 1. The van der Waals surface area contributed by atoms with Crippen molar-refractivity contribution in [2.24, 2.45) is 5.73 Å². The van der Waals surface area contributed by atoms with Crippen LogP contribution in [0.3, 0.4) is 0 Å². The summed E-state index contributed by atoms with van der Waals surface area (Å²) in [5.41, 5.74) is 6.32. The lowest BCUT2D eigenvalue weighted by Gasteiger charge is -2.33. The zero-order valence-corrected chi connectivity index (χ0v) is 12.9. The second kappa shape index (κ2) is 6.80. The van der Waals surface area contributed by atoms with Crippen LogP contribution in [0.15, 0.2) is 23.8 Å². The van der Waals surface area contributed by atoms with Crippen molar-refractivity contribution in [3.05, 3.63) is 29.5 Å². The third kappa shape index (κ3) is 3.58. The first-order valence-corrected chi connectivity index (χ1v) is 8.12. The Morgan fingerprint density at radius 3 is 3.00 bits per heavy atom. The molecule has 3 rings (SSSR count). The summed E-state index contributed by atoms with van der Waals surface area (Å²) in [6, 6.07) is 1.92. The van der Waals surface area contributed by atoms with Crippen LogP contribution in [-0.4, -0.2) is 38.8 Å². The van der Waals surface area contributed by atoms with E-state index in [1.165, 1.54) is 11.3 Å². The zero-order valence-electron chi connectivity index (χ0n) is 12.1. The molecule has 1 aliphatic rings. The normalized spacial score (nSPS) is 19.0. The zero-order chi connectivity index (χ0) is 15.4. The van der Waals surface area contributed by atoms with Gasteiger partial charge in [0.15, 0.2) is 5.13 Å². The molecule has 0 bridgehead atoms. The maximum Gasteiger partial charge on any atom is 0.231 e. The third-order valence-corrected chi connectivity index (χ3v) is 4.40. The molecule has 3 heterocycles. The van der Waals surface area contributed by atoms with Gasteiger partial charge in [0.05, 0.1) is 18.3 Å². The van der Waals surface area contributed by atoms with E-state index >= 15 is 0 Å². The van der Waals surface area contributed by atoms with Gasteiger partial charge in [0.1, 0.15) is 0 Å². The molecule has 7 nitrogen and oxygen atoms in total. The highest BCUT2D eigenvalue weighted by atomic mass is 32.1. The lowest BCUT2D eigenvalue weighted by Crippen LogP contribution is -2.39. The SMILES string of the molecule is NC(=O)CN1CCCCC1c1csc(Nc2ncccn2)n1. The van der Waals surface area contributed by atoms with Crippen molar-refractivity contribution < 1.29 is 4.79 Å². The van der Waals surface area contributed by atoms with E-state index < -0.39 is 0 Å².